The Hall–Kier alpha value is -4.14. The maximum absolute atomic E-state index is 12.9. The Morgan fingerprint density at radius 2 is 1.72 bits per heavy atom. The highest BCUT2D eigenvalue weighted by Gasteiger charge is 2.10. The molecular weight excluding hydrogens is 377 g/mol. The summed E-state index contributed by atoms with van der Waals surface area (Å²) in [4.78, 5) is 24.0. The van der Waals surface area contributed by atoms with Crippen molar-refractivity contribution >= 4 is 17.8 Å². The van der Waals surface area contributed by atoms with Gasteiger partial charge in [-0.15, -0.1) is 0 Å². The average molecular weight is 393 g/mol. The van der Waals surface area contributed by atoms with E-state index in [1.165, 1.54) is 42.6 Å². The number of amides is 1. The molecule has 9 heteroatoms. The summed E-state index contributed by atoms with van der Waals surface area (Å²) < 4.78 is 23.5. The van der Waals surface area contributed by atoms with E-state index in [0.717, 1.165) is 0 Å². The van der Waals surface area contributed by atoms with E-state index in [9.17, 15) is 9.18 Å². The molecule has 0 aliphatic heterocycles. The molecule has 0 bridgehead atoms. The maximum Gasteiger partial charge on any atom is 0.297 e. The summed E-state index contributed by atoms with van der Waals surface area (Å²) in [6.45, 7) is 1.79. The molecule has 0 fully saturated rings. The van der Waals surface area contributed by atoms with Gasteiger partial charge in [-0.3, -0.25) is 15.2 Å². The number of halogens is 1. The molecule has 0 radical (unpaired) electrons. The highest BCUT2D eigenvalue weighted by atomic mass is 19.1. The number of ether oxygens (including phenoxy) is 2. The predicted octanol–water partition coefficient (Wildman–Crippen LogP) is 3.21. The van der Waals surface area contributed by atoms with Gasteiger partial charge < -0.3 is 15.2 Å². The second-order valence-corrected chi connectivity index (χ2v) is 5.82. The quantitative estimate of drug-likeness (QED) is 0.518. The fourth-order valence-electron chi connectivity index (χ4n) is 2.23. The van der Waals surface area contributed by atoms with Crippen molar-refractivity contribution in [1.82, 2.24) is 9.97 Å². The topological polar surface area (TPSA) is 124 Å². The number of aryl methyl sites for hydroxylation is 1. The van der Waals surface area contributed by atoms with Gasteiger partial charge in [0.15, 0.2) is 0 Å². The largest absolute Gasteiger partial charge is 0.437 e. The number of nitrogens with zero attached hydrogens (tertiary/aromatic N) is 3. The van der Waals surface area contributed by atoms with E-state index in [1.807, 2.05) is 0 Å². The van der Waals surface area contributed by atoms with Crippen molar-refractivity contribution in [2.45, 2.75) is 6.92 Å². The average Bonchev–Trinajstić information content (AvgIpc) is 2.69. The fraction of sp³-hybridized carbons (Fsp3) is 0.0500. The number of benzene rings is 2. The van der Waals surface area contributed by atoms with Gasteiger partial charge in [0.25, 0.3) is 11.9 Å². The Morgan fingerprint density at radius 1 is 1.07 bits per heavy atom. The smallest absolute Gasteiger partial charge is 0.297 e. The molecule has 0 aliphatic carbocycles. The molecule has 0 spiro atoms. The highest BCUT2D eigenvalue weighted by molar-refractivity contribution is 6.05. The van der Waals surface area contributed by atoms with Crippen molar-refractivity contribution in [2.24, 2.45) is 10.7 Å². The zero-order valence-electron chi connectivity index (χ0n) is 15.3. The normalized spacial score (nSPS) is 11.0. The van der Waals surface area contributed by atoms with Gasteiger partial charge in [0.2, 0.25) is 11.8 Å². The van der Waals surface area contributed by atoms with Crippen LogP contribution >= 0.6 is 0 Å². The molecule has 2 aromatic carbocycles. The molecule has 29 heavy (non-hydrogen) atoms. The summed E-state index contributed by atoms with van der Waals surface area (Å²) in [5.74, 6) is -0.662. The van der Waals surface area contributed by atoms with E-state index in [0.29, 0.717) is 17.3 Å². The predicted molar refractivity (Wildman–Crippen MR) is 104 cm³/mol. The van der Waals surface area contributed by atoms with Crippen LogP contribution in [0.1, 0.15) is 21.6 Å². The van der Waals surface area contributed by atoms with Gasteiger partial charge in [0.05, 0.1) is 11.9 Å². The van der Waals surface area contributed by atoms with Crippen LogP contribution in [-0.4, -0.2) is 27.8 Å². The highest BCUT2D eigenvalue weighted by Crippen LogP contribution is 2.19. The van der Waals surface area contributed by atoms with Crippen molar-refractivity contribution in [3.05, 3.63) is 83.6 Å². The summed E-state index contributed by atoms with van der Waals surface area (Å²) in [6, 6.07) is 10.7. The van der Waals surface area contributed by atoms with Gasteiger partial charge in [0, 0.05) is 17.3 Å². The zero-order valence-corrected chi connectivity index (χ0v) is 15.3. The lowest BCUT2D eigenvalue weighted by atomic mass is 10.2. The molecule has 146 valence electrons. The number of nitrogens with one attached hydrogen (secondary N) is 1. The summed E-state index contributed by atoms with van der Waals surface area (Å²) in [7, 11) is 0. The van der Waals surface area contributed by atoms with Crippen LogP contribution < -0.4 is 10.5 Å². The van der Waals surface area contributed by atoms with Crippen LogP contribution in [0.25, 0.3) is 0 Å². The number of carbonyl (C=O) groups excluding carboxylic acids is 1. The van der Waals surface area contributed by atoms with Gasteiger partial charge in [-0.25, -0.2) is 9.37 Å². The monoisotopic (exact) mass is 393 g/mol. The summed E-state index contributed by atoms with van der Waals surface area (Å²) in [5, 5.41) is 7.79. The maximum atomic E-state index is 12.9. The Bertz CT molecular complexity index is 1070. The molecule has 3 rings (SSSR count). The number of nitrogens with two attached hydrogens (primary N) is 1. The lowest BCUT2D eigenvalue weighted by Crippen LogP contribution is -2.22. The first-order valence-electron chi connectivity index (χ1n) is 8.38. The SMILES string of the molecule is Cc1cncc(Oc2ccc(C(=O)N=C(N)OC(=N)c3ccc(F)cc3)cc2)n1. The third kappa shape index (κ3) is 5.42. The number of aromatic nitrogens is 2. The lowest BCUT2D eigenvalue weighted by molar-refractivity contribution is 0.100. The van der Waals surface area contributed by atoms with E-state index in [4.69, 9.17) is 20.6 Å². The first kappa shape index (κ1) is 19.6. The van der Waals surface area contributed by atoms with Crippen molar-refractivity contribution < 1.29 is 18.7 Å². The van der Waals surface area contributed by atoms with Gasteiger partial charge >= 0.3 is 0 Å². The van der Waals surface area contributed by atoms with E-state index in [1.54, 1.807) is 25.3 Å². The second kappa shape index (κ2) is 8.70. The molecule has 0 saturated carbocycles. The minimum atomic E-state index is -0.656. The van der Waals surface area contributed by atoms with Gasteiger partial charge in [-0.2, -0.15) is 4.99 Å². The van der Waals surface area contributed by atoms with Gasteiger partial charge in [0.1, 0.15) is 11.6 Å². The van der Waals surface area contributed by atoms with Crippen LogP contribution in [0, 0.1) is 18.2 Å². The van der Waals surface area contributed by atoms with Crippen LogP contribution in [0.3, 0.4) is 0 Å². The van der Waals surface area contributed by atoms with E-state index < -0.39 is 17.7 Å². The zero-order chi connectivity index (χ0) is 20.8. The third-order valence-corrected chi connectivity index (χ3v) is 3.58. The minimum absolute atomic E-state index is 0.243. The molecule has 0 atom stereocenters. The van der Waals surface area contributed by atoms with Crippen molar-refractivity contribution in [3.63, 3.8) is 0 Å². The van der Waals surface area contributed by atoms with Gasteiger partial charge in [-0.05, 0) is 55.5 Å². The summed E-state index contributed by atoms with van der Waals surface area (Å²) in [5.41, 5.74) is 6.82. The minimum Gasteiger partial charge on any atom is -0.437 e. The van der Waals surface area contributed by atoms with E-state index >= 15 is 0 Å². The molecule has 1 aromatic heterocycles. The molecule has 1 amide bonds. The number of amidine groups is 1. The van der Waals surface area contributed by atoms with Crippen LogP contribution in [0.4, 0.5) is 4.39 Å². The molecule has 0 saturated heterocycles. The Morgan fingerprint density at radius 3 is 2.38 bits per heavy atom. The molecule has 3 aromatic rings. The second-order valence-electron chi connectivity index (χ2n) is 5.82. The van der Waals surface area contributed by atoms with Crippen LogP contribution in [0.15, 0.2) is 65.9 Å². The first-order valence-corrected chi connectivity index (χ1v) is 8.38. The van der Waals surface area contributed by atoms with E-state index in [2.05, 4.69) is 15.0 Å². The summed E-state index contributed by atoms with van der Waals surface area (Å²) >= 11 is 0. The molecule has 3 N–H and O–H groups in total. The van der Waals surface area contributed by atoms with Crippen LogP contribution in [0.5, 0.6) is 11.6 Å². The van der Waals surface area contributed by atoms with E-state index in [-0.39, 0.29) is 17.0 Å². The van der Waals surface area contributed by atoms with Crippen LogP contribution in [-0.2, 0) is 4.74 Å². The molecule has 1 heterocycles. The molecule has 0 aliphatic rings. The lowest BCUT2D eigenvalue weighted by Gasteiger charge is -2.06. The Kier molecular flexibility index (Phi) is 5.88. The third-order valence-electron chi connectivity index (χ3n) is 3.58. The van der Waals surface area contributed by atoms with Gasteiger partial charge in [-0.1, -0.05) is 0 Å². The Labute approximate surface area is 165 Å². The molecule has 8 nitrogen and oxygen atoms in total. The fourth-order valence-corrected chi connectivity index (χ4v) is 2.23. The summed E-state index contributed by atoms with van der Waals surface area (Å²) in [6.07, 6.45) is 3.08. The number of rotatable bonds is 4. The number of aliphatic imine (C=N–C) groups is 1. The van der Waals surface area contributed by atoms with Crippen molar-refractivity contribution in [3.8, 4) is 11.6 Å². The first-order chi connectivity index (χ1) is 13.9. The van der Waals surface area contributed by atoms with Crippen molar-refractivity contribution in [1.29, 1.82) is 5.41 Å². The van der Waals surface area contributed by atoms with Crippen molar-refractivity contribution in [2.75, 3.05) is 0 Å². The molecule has 0 unspecified atom stereocenters. The Balaban J connectivity index is 1.63. The number of carbonyl (C=O) groups is 1. The molecular formula is C20H16FN5O3. The van der Waals surface area contributed by atoms with Crippen LogP contribution in [0.2, 0.25) is 0 Å². The standard InChI is InChI=1S/C20H16FN5O3/c1-12-10-24-11-17(25-12)28-16-8-4-14(5-9-16)19(27)26-20(23)29-18(22)13-2-6-15(21)7-3-13/h2-11,22H,1H3,(H2,23,26,27). The number of hydrogen-bond donors (Lipinski definition) is 2. The number of hydrogen-bond acceptors (Lipinski definition) is 6.